The number of rotatable bonds is 6. The number of thiophene rings is 1. The minimum Gasteiger partial charge on any atom is -0.611 e. The quantitative estimate of drug-likeness (QED) is 0.469. The van der Waals surface area contributed by atoms with Crippen LogP contribution in [0.4, 0.5) is 5.69 Å². The topological polar surface area (TPSA) is 101 Å². The van der Waals surface area contributed by atoms with Gasteiger partial charge in [0.25, 0.3) is 0 Å². The average molecular weight is 416 g/mol. The van der Waals surface area contributed by atoms with Crippen molar-refractivity contribution in [3.63, 3.8) is 0 Å². The number of nitrogens with two attached hydrogens (primary N) is 1. The van der Waals surface area contributed by atoms with E-state index >= 15 is 0 Å². The van der Waals surface area contributed by atoms with Crippen LogP contribution in [-0.2, 0) is 11.2 Å². The van der Waals surface area contributed by atoms with Crippen molar-refractivity contribution in [3.05, 3.63) is 36.1 Å². The molecular formula is C18H17N5OS3. The zero-order valence-corrected chi connectivity index (χ0v) is 17.0. The molecule has 1 unspecified atom stereocenters. The van der Waals surface area contributed by atoms with Crippen LogP contribution in [0, 0.1) is 0 Å². The summed E-state index contributed by atoms with van der Waals surface area (Å²) in [6.45, 7) is 2.08. The van der Waals surface area contributed by atoms with Crippen LogP contribution in [-0.4, -0.2) is 30.2 Å². The van der Waals surface area contributed by atoms with Gasteiger partial charge in [-0.2, -0.15) is 0 Å². The molecule has 4 aromatic heterocycles. The second kappa shape index (κ2) is 7.89. The fraction of sp³-hybridized carbons (Fsp3) is 0.222. The number of hydrogen-bond donors (Lipinski definition) is 1. The Morgan fingerprint density at radius 3 is 2.85 bits per heavy atom. The molecule has 0 aromatic carbocycles. The first-order valence-electron chi connectivity index (χ1n) is 8.47. The Kier molecular flexibility index (Phi) is 5.35. The molecule has 4 heterocycles. The van der Waals surface area contributed by atoms with Gasteiger partial charge in [0.2, 0.25) is 4.21 Å². The predicted molar refractivity (Wildman–Crippen MR) is 112 cm³/mol. The van der Waals surface area contributed by atoms with Crippen LogP contribution in [0.2, 0.25) is 0 Å². The fourth-order valence-corrected chi connectivity index (χ4v) is 6.06. The smallest absolute Gasteiger partial charge is 0.232 e. The number of unbranched alkanes of at least 4 members (excludes halogenated alkanes) is 1. The lowest BCUT2D eigenvalue weighted by atomic mass is 10.2. The molecule has 0 saturated heterocycles. The van der Waals surface area contributed by atoms with E-state index in [0.29, 0.717) is 27.2 Å². The van der Waals surface area contributed by atoms with E-state index in [0.717, 1.165) is 33.6 Å². The summed E-state index contributed by atoms with van der Waals surface area (Å²) in [6, 6.07) is 3.76. The van der Waals surface area contributed by atoms with Crippen LogP contribution >= 0.6 is 22.7 Å². The molecule has 0 saturated carbocycles. The minimum atomic E-state index is -1.14. The largest absolute Gasteiger partial charge is 0.611 e. The van der Waals surface area contributed by atoms with Gasteiger partial charge in [-0.05, 0) is 29.7 Å². The molecule has 27 heavy (non-hydrogen) atoms. The molecule has 138 valence electrons. The molecule has 4 rings (SSSR count). The molecule has 0 aliphatic rings. The van der Waals surface area contributed by atoms with Crippen molar-refractivity contribution in [2.45, 2.75) is 24.0 Å². The van der Waals surface area contributed by atoms with Crippen LogP contribution in [0.3, 0.4) is 0 Å². The first kappa shape index (κ1) is 18.3. The van der Waals surface area contributed by atoms with E-state index in [1.165, 1.54) is 22.7 Å². The first-order chi connectivity index (χ1) is 13.2. The standard InChI is InChI=1S/C18H17N5OS3/c1-2-3-9-27(24)18-13(19)12-14(17-21-7-8-25-17)22-15(23-16(12)26-18)11-5-4-6-20-10-11/h4-8,10H,2-3,9,19H2,1H3. The van der Waals surface area contributed by atoms with Crippen LogP contribution in [0.15, 0.2) is 40.3 Å². The third-order valence-corrected chi connectivity index (χ3v) is 7.77. The van der Waals surface area contributed by atoms with Crippen molar-refractivity contribution in [1.29, 1.82) is 0 Å². The summed E-state index contributed by atoms with van der Waals surface area (Å²) in [5, 5.41) is 3.40. The Labute approximate surface area is 167 Å². The van der Waals surface area contributed by atoms with E-state index in [4.69, 9.17) is 10.7 Å². The molecule has 0 fully saturated rings. The summed E-state index contributed by atoms with van der Waals surface area (Å²) in [6.07, 6.45) is 7.06. The van der Waals surface area contributed by atoms with Gasteiger partial charge in [-0.25, -0.2) is 15.0 Å². The monoisotopic (exact) mass is 415 g/mol. The van der Waals surface area contributed by atoms with Crippen LogP contribution in [0.25, 0.3) is 32.3 Å². The fourth-order valence-electron chi connectivity index (χ4n) is 2.66. The Balaban J connectivity index is 1.92. The lowest BCUT2D eigenvalue weighted by Crippen LogP contribution is -2.07. The summed E-state index contributed by atoms with van der Waals surface area (Å²) in [7, 11) is 0. The molecule has 0 radical (unpaired) electrons. The van der Waals surface area contributed by atoms with Crippen molar-refractivity contribution >= 4 is 49.8 Å². The van der Waals surface area contributed by atoms with E-state index in [2.05, 4.69) is 21.9 Å². The number of thiazole rings is 1. The number of hydrogen-bond acceptors (Lipinski definition) is 8. The van der Waals surface area contributed by atoms with Crippen molar-refractivity contribution in [2.75, 3.05) is 11.5 Å². The van der Waals surface area contributed by atoms with Crippen molar-refractivity contribution < 1.29 is 4.55 Å². The predicted octanol–water partition coefficient (Wildman–Crippen LogP) is 4.37. The molecular weight excluding hydrogens is 398 g/mol. The van der Waals surface area contributed by atoms with Crippen molar-refractivity contribution in [2.24, 2.45) is 0 Å². The third-order valence-electron chi connectivity index (χ3n) is 4.00. The van der Waals surface area contributed by atoms with Gasteiger partial charge in [0.1, 0.15) is 27.0 Å². The third kappa shape index (κ3) is 3.55. The zero-order chi connectivity index (χ0) is 18.8. The van der Waals surface area contributed by atoms with E-state index in [1.54, 1.807) is 18.6 Å². The number of anilines is 1. The SMILES string of the molecule is CCCC[S+]([O-])c1sc2nc(-c3cccnc3)nc(-c3nccs3)c2c1N. The second-order valence-corrected chi connectivity index (χ2v) is 9.52. The lowest BCUT2D eigenvalue weighted by Gasteiger charge is -2.08. The zero-order valence-electron chi connectivity index (χ0n) is 14.6. The Morgan fingerprint density at radius 2 is 2.15 bits per heavy atom. The van der Waals surface area contributed by atoms with Gasteiger partial charge in [0.15, 0.2) is 5.82 Å². The molecule has 0 aliphatic carbocycles. The highest BCUT2D eigenvalue weighted by Crippen LogP contribution is 2.42. The number of pyridine rings is 1. The summed E-state index contributed by atoms with van der Waals surface area (Å²) in [4.78, 5) is 18.7. The maximum absolute atomic E-state index is 12.7. The molecule has 2 N–H and O–H groups in total. The molecule has 1 atom stereocenters. The highest BCUT2D eigenvalue weighted by molar-refractivity contribution is 7.93. The van der Waals surface area contributed by atoms with Crippen molar-refractivity contribution in [3.8, 4) is 22.1 Å². The summed E-state index contributed by atoms with van der Waals surface area (Å²) < 4.78 is 13.4. The van der Waals surface area contributed by atoms with Gasteiger partial charge >= 0.3 is 0 Å². The second-order valence-electron chi connectivity index (χ2n) is 5.86. The normalized spacial score (nSPS) is 12.5. The van der Waals surface area contributed by atoms with Gasteiger partial charge in [0.05, 0.1) is 5.39 Å². The molecule has 9 heteroatoms. The van der Waals surface area contributed by atoms with E-state index in [9.17, 15) is 4.55 Å². The maximum Gasteiger partial charge on any atom is 0.232 e. The lowest BCUT2D eigenvalue weighted by molar-refractivity contribution is 0.594. The molecule has 0 amide bonds. The molecule has 0 aliphatic heterocycles. The number of nitrogens with zero attached hydrogens (tertiary/aromatic N) is 4. The summed E-state index contributed by atoms with van der Waals surface area (Å²) in [5.41, 5.74) is 8.42. The Hall–Kier alpha value is -2.07. The number of nitrogen functional groups attached to an aromatic ring is 1. The number of aromatic nitrogens is 4. The van der Waals surface area contributed by atoms with Crippen LogP contribution in [0.5, 0.6) is 0 Å². The minimum absolute atomic E-state index is 0.507. The van der Waals surface area contributed by atoms with E-state index in [1.807, 2.05) is 17.5 Å². The first-order valence-corrected chi connectivity index (χ1v) is 11.5. The van der Waals surface area contributed by atoms with Gasteiger partial charge in [-0.3, -0.25) is 4.98 Å². The number of fused-ring (bicyclic) bond motifs is 1. The molecule has 4 aromatic rings. The molecule has 0 bridgehead atoms. The average Bonchev–Trinajstić information content (AvgIpc) is 3.35. The Morgan fingerprint density at radius 1 is 1.26 bits per heavy atom. The van der Waals surface area contributed by atoms with E-state index < -0.39 is 11.2 Å². The summed E-state index contributed by atoms with van der Waals surface area (Å²) in [5.74, 6) is 1.16. The van der Waals surface area contributed by atoms with Crippen LogP contribution < -0.4 is 5.73 Å². The van der Waals surface area contributed by atoms with Gasteiger partial charge < -0.3 is 10.3 Å². The Bertz CT molecular complexity index is 1050. The van der Waals surface area contributed by atoms with Gasteiger partial charge in [-0.1, -0.05) is 24.7 Å². The van der Waals surface area contributed by atoms with Gasteiger partial charge in [0, 0.05) is 29.5 Å². The highest BCUT2D eigenvalue weighted by atomic mass is 32.2. The van der Waals surface area contributed by atoms with E-state index in [-0.39, 0.29) is 0 Å². The molecule has 0 spiro atoms. The highest BCUT2D eigenvalue weighted by Gasteiger charge is 2.26. The summed E-state index contributed by atoms with van der Waals surface area (Å²) >= 11 is 1.74. The maximum atomic E-state index is 12.7. The van der Waals surface area contributed by atoms with Crippen molar-refractivity contribution in [1.82, 2.24) is 19.9 Å². The van der Waals surface area contributed by atoms with Crippen LogP contribution in [0.1, 0.15) is 19.8 Å². The van der Waals surface area contributed by atoms with Gasteiger partial charge in [-0.15, -0.1) is 11.3 Å². The molecule has 6 nitrogen and oxygen atoms in total.